The van der Waals surface area contributed by atoms with Crippen LogP contribution in [-0.4, -0.2) is 37.9 Å². The molecule has 0 bridgehead atoms. The fourth-order valence-corrected chi connectivity index (χ4v) is 1.76. The third-order valence-electron chi connectivity index (χ3n) is 2.61. The first-order chi connectivity index (χ1) is 8.70. The topological polar surface area (TPSA) is 48.0 Å². The quantitative estimate of drug-likeness (QED) is 0.825. The summed E-state index contributed by atoms with van der Waals surface area (Å²) in [6, 6.07) is 5.68. The molecule has 1 heterocycles. The lowest BCUT2D eigenvalue weighted by Crippen LogP contribution is -2.27. The van der Waals surface area contributed by atoms with Crippen LogP contribution in [0.4, 0.5) is 4.79 Å². The molecule has 5 nitrogen and oxygen atoms in total. The summed E-state index contributed by atoms with van der Waals surface area (Å²) < 4.78 is 15.9. The predicted molar refractivity (Wildman–Crippen MR) is 65.9 cm³/mol. The number of hydrogen-bond donors (Lipinski definition) is 0. The third kappa shape index (κ3) is 2.85. The second-order valence-corrected chi connectivity index (χ2v) is 4.03. The first-order valence-electron chi connectivity index (χ1n) is 5.97. The normalized spacial score (nSPS) is 13.0. The molecule has 1 aliphatic heterocycles. The molecule has 1 aromatic carbocycles. The number of hydrogen-bond acceptors (Lipinski definition) is 4. The van der Waals surface area contributed by atoms with Crippen LogP contribution in [0.25, 0.3) is 0 Å². The number of rotatable bonds is 3. The molecular formula is C13H17NO4. The number of nitrogens with zero attached hydrogens (tertiary/aromatic N) is 1. The van der Waals surface area contributed by atoms with Crippen molar-refractivity contribution in [3.8, 4) is 11.5 Å². The molecule has 0 radical (unpaired) electrons. The van der Waals surface area contributed by atoms with E-state index in [0.717, 1.165) is 17.1 Å². The zero-order valence-electron chi connectivity index (χ0n) is 10.6. The Kier molecular flexibility index (Phi) is 3.92. The smallest absolute Gasteiger partial charge is 0.409 e. The summed E-state index contributed by atoms with van der Waals surface area (Å²) in [5.41, 5.74) is 0.981. The molecule has 0 fully saturated rings. The van der Waals surface area contributed by atoms with Gasteiger partial charge >= 0.3 is 6.09 Å². The maximum Gasteiger partial charge on any atom is 0.409 e. The lowest BCUT2D eigenvalue weighted by molar-refractivity contribution is 0.114. The predicted octanol–water partition coefficient (Wildman–Crippen LogP) is 2.05. The summed E-state index contributed by atoms with van der Waals surface area (Å²) in [6.07, 6.45) is -0.326. The second-order valence-electron chi connectivity index (χ2n) is 4.03. The molecule has 0 spiro atoms. The van der Waals surface area contributed by atoms with Crippen LogP contribution in [-0.2, 0) is 11.3 Å². The molecule has 5 heteroatoms. The van der Waals surface area contributed by atoms with Crippen molar-refractivity contribution in [3.05, 3.63) is 23.8 Å². The Balaban J connectivity index is 2.03. The molecule has 18 heavy (non-hydrogen) atoms. The number of carbonyl (C=O) groups excluding carboxylic acids is 1. The highest BCUT2D eigenvalue weighted by atomic mass is 16.6. The molecule has 0 atom stereocenters. The van der Waals surface area contributed by atoms with Gasteiger partial charge in [0.05, 0.1) is 6.61 Å². The van der Waals surface area contributed by atoms with Gasteiger partial charge in [-0.3, -0.25) is 0 Å². The van der Waals surface area contributed by atoms with Gasteiger partial charge in [-0.25, -0.2) is 4.79 Å². The number of carbonyl (C=O) groups is 1. The zero-order chi connectivity index (χ0) is 13.0. The summed E-state index contributed by atoms with van der Waals surface area (Å²) in [7, 11) is 1.70. The molecule has 0 unspecified atom stereocenters. The van der Waals surface area contributed by atoms with Gasteiger partial charge in [0.15, 0.2) is 11.5 Å². The maximum atomic E-state index is 11.5. The molecule has 0 N–H and O–H groups in total. The fraction of sp³-hybridized carbons (Fsp3) is 0.462. The van der Waals surface area contributed by atoms with E-state index >= 15 is 0 Å². The molecule has 0 saturated carbocycles. The van der Waals surface area contributed by atoms with E-state index in [1.165, 1.54) is 4.90 Å². The highest BCUT2D eigenvalue weighted by Crippen LogP contribution is 2.30. The largest absolute Gasteiger partial charge is 0.486 e. The van der Waals surface area contributed by atoms with Gasteiger partial charge in [0.25, 0.3) is 0 Å². The van der Waals surface area contributed by atoms with Crippen molar-refractivity contribution in [1.82, 2.24) is 4.90 Å². The average molecular weight is 251 g/mol. The zero-order valence-corrected chi connectivity index (χ0v) is 10.6. The molecule has 0 aromatic heterocycles. The Labute approximate surface area is 106 Å². The Hall–Kier alpha value is -1.91. The second kappa shape index (κ2) is 5.62. The Morgan fingerprint density at radius 2 is 2.06 bits per heavy atom. The van der Waals surface area contributed by atoms with Crippen molar-refractivity contribution in [3.63, 3.8) is 0 Å². The van der Waals surface area contributed by atoms with Gasteiger partial charge < -0.3 is 19.1 Å². The summed E-state index contributed by atoms with van der Waals surface area (Å²) in [6.45, 7) is 3.79. The van der Waals surface area contributed by atoms with Gasteiger partial charge in [0.2, 0.25) is 0 Å². The maximum absolute atomic E-state index is 11.5. The van der Waals surface area contributed by atoms with E-state index in [-0.39, 0.29) is 6.09 Å². The van der Waals surface area contributed by atoms with Gasteiger partial charge in [0, 0.05) is 13.6 Å². The minimum atomic E-state index is -0.326. The average Bonchev–Trinajstić information content (AvgIpc) is 2.39. The standard InChI is InChI=1S/C13H17NO4/c1-3-16-13(15)14(2)9-10-4-5-11-12(8-10)18-7-6-17-11/h4-5,8H,3,6-7,9H2,1-2H3. The monoisotopic (exact) mass is 251 g/mol. The number of fused-ring (bicyclic) bond motifs is 1. The van der Waals surface area contributed by atoms with Gasteiger partial charge in [-0.05, 0) is 24.6 Å². The van der Waals surface area contributed by atoms with Gasteiger partial charge in [-0.1, -0.05) is 6.07 Å². The lowest BCUT2D eigenvalue weighted by Gasteiger charge is -2.20. The van der Waals surface area contributed by atoms with Crippen molar-refractivity contribution < 1.29 is 19.0 Å². The van der Waals surface area contributed by atoms with Crippen LogP contribution in [0.5, 0.6) is 11.5 Å². The third-order valence-corrected chi connectivity index (χ3v) is 2.61. The van der Waals surface area contributed by atoms with E-state index in [2.05, 4.69) is 0 Å². The Morgan fingerprint density at radius 1 is 1.33 bits per heavy atom. The van der Waals surface area contributed by atoms with Crippen molar-refractivity contribution in [2.24, 2.45) is 0 Å². The number of ether oxygens (including phenoxy) is 3. The SMILES string of the molecule is CCOC(=O)N(C)Cc1ccc2c(c1)OCCO2. The number of amides is 1. The van der Waals surface area contributed by atoms with E-state index in [1.807, 2.05) is 18.2 Å². The fourth-order valence-electron chi connectivity index (χ4n) is 1.76. The molecule has 0 aliphatic carbocycles. The van der Waals surface area contributed by atoms with E-state index < -0.39 is 0 Å². The van der Waals surface area contributed by atoms with Crippen molar-refractivity contribution in [2.75, 3.05) is 26.9 Å². The van der Waals surface area contributed by atoms with Gasteiger partial charge in [-0.2, -0.15) is 0 Å². The minimum absolute atomic E-state index is 0.326. The first kappa shape index (κ1) is 12.5. The van der Waals surface area contributed by atoms with E-state index in [4.69, 9.17) is 14.2 Å². The van der Waals surface area contributed by atoms with Crippen LogP contribution in [0.15, 0.2) is 18.2 Å². The number of benzene rings is 1. The summed E-state index contributed by atoms with van der Waals surface area (Å²) in [5.74, 6) is 1.49. The summed E-state index contributed by atoms with van der Waals surface area (Å²) in [4.78, 5) is 13.0. The van der Waals surface area contributed by atoms with Crippen LogP contribution in [0, 0.1) is 0 Å². The molecule has 2 rings (SSSR count). The van der Waals surface area contributed by atoms with Gasteiger partial charge in [0.1, 0.15) is 13.2 Å². The van der Waals surface area contributed by atoms with Crippen LogP contribution in [0.3, 0.4) is 0 Å². The summed E-state index contributed by atoms with van der Waals surface area (Å²) in [5, 5.41) is 0. The molecular weight excluding hydrogens is 234 g/mol. The van der Waals surface area contributed by atoms with Crippen LogP contribution in [0.1, 0.15) is 12.5 Å². The van der Waals surface area contributed by atoms with Gasteiger partial charge in [-0.15, -0.1) is 0 Å². The lowest BCUT2D eigenvalue weighted by atomic mass is 10.2. The molecule has 0 saturated heterocycles. The van der Waals surface area contributed by atoms with Crippen molar-refractivity contribution in [2.45, 2.75) is 13.5 Å². The van der Waals surface area contributed by atoms with E-state index in [1.54, 1.807) is 14.0 Å². The van der Waals surface area contributed by atoms with E-state index in [9.17, 15) is 4.79 Å². The first-order valence-corrected chi connectivity index (χ1v) is 5.97. The summed E-state index contributed by atoms with van der Waals surface area (Å²) >= 11 is 0. The molecule has 1 aliphatic rings. The van der Waals surface area contributed by atoms with Crippen LogP contribution < -0.4 is 9.47 Å². The van der Waals surface area contributed by atoms with Crippen LogP contribution >= 0.6 is 0 Å². The van der Waals surface area contributed by atoms with Crippen molar-refractivity contribution >= 4 is 6.09 Å². The Morgan fingerprint density at radius 3 is 2.78 bits per heavy atom. The Bertz CT molecular complexity index is 433. The highest BCUT2D eigenvalue weighted by molar-refractivity contribution is 5.67. The highest BCUT2D eigenvalue weighted by Gasteiger charge is 2.14. The minimum Gasteiger partial charge on any atom is -0.486 e. The van der Waals surface area contributed by atoms with Crippen LogP contribution in [0.2, 0.25) is 0 Å². The molecule has 1 aromatic rings. The van der Waals surface area contributed by atoms with E-state index in [0.29, 0.717) is 26.4 Å². The molecule has 98 valence electrons. The van der Waals surface area contributed by atoms with Crippen molar-refractivity contribution in [1.29, 1.82) is 0 Å². The molecule has 1 amide bonds.